The van der Waals surface area contributed by atoms with Gasteiger partial charge in [0.1, 0.15) is 0 Å². The zero-order valence-corrected chi connectivity index (χ0v) is 13.2. The Bertz CT molecular complexity index is 696. The number of carboxylic acids is 1. The van der Waals surface area contributed by atoms with Gasteiger partial charge in [-0.3, -0.25) is 14.4 Å². The van der Waals surface area contributed by atoms with E-state index >= 15 is 0 Å². The molecule has 0 unspecified atom stereocenters. The van der Waals surface area contributed by atoms with Crippen LogP contribution in [0.4, 0.5) is 11.4 Å². The Balaban J connectivity index is 1.74. The highest BCUT2D eigenvalue weighted by Crippen LogP contribution is 2.58. The minimum Gasteiger partial charge on any atom is -0.481 e. The van der Waals surface area contributed by atoms with Crippen molar-refractivity contribution in [3.05, 3.63) is 23.8 Å². The third-order valence-electron chi connectivity index (χ3n) is 4.87. The van der Waals surface area contributed by atoms with E-state index in [4.69, 9.17) is 5.11 Å². The molecule has 1 saturated carbocycles. The third kappa shape index (κ3) is 2.81. The van der Waals surface area contributed by atoms with E-state index in [1.165, 1.54) is 0 Å². The van der Waals surface area contributed by atoms with Crippen molar-refractivity contribution in [2.24, 2.45) is 17.3 Å². The molecule has 1 heterocycles. The Hall–Kier alpha value is -2.37. The van der Waals surface area contributed by atoms with Crippen molar-refractivity contribution in [1.29, 1.82) is 0 Å². The zero-order valence-electron chi connectivity index (χ0n) is 13.2. The maximum absolute atomic E-state index is 12.3. The van der Waals surface area contributed by atoms with Crippen LogP contribution in [0, 0.1) is 17.3 Å². The highest BCUT2D eigenvalue weighted by molar-refractivity contribution is 6.00. The Labute approximate surface area is 134 Å². The van der Waals surface area contributed by atoms with Crippen molar-refractivity contribution in [2.45, 2.75) is 33.1 Å². The standard InChI is InChI=1S/C17H20N2O4/c1-17(2)13(14(17)16(22)23)15(21)18-10-6-7-11-9(8-10)4-3-5-12(20)19-11/h6-8,13-14H,3-5H2,1-2H3,(H,18,21)(H,19,20)(H,22,23)/t13-,14+/m1/s1. The van der Waals surface area contributed by atoms with Crippen LogP contribution in [0.1, 0.15) is 32.3 Å². The van der Waals surface area contributed by atoms with Crippen LogP contribution in [0.5, 0.6) is 0 Å². The molecular formula is C17H20N2O4. The predicted molar refractivity (Wildman–Crippen MR) is 85.0 cm³/mol. The van der Waals surface area contributed by atoms with Crippen molar-refractivity contribution in [2.75, 3.05) is 10.6 Å². The number of aliphatic carboxylic acids is 1. The lowest BCUT2D eigenvalue weighted by atomic mass is 10.1. The number of nitrogens with one attached hydrogen (secondary N) is 2. The topological polar surface area (TPSA) is 95.5 Å². The molecule has 6 nitrogen and oxygen atoms in total. The minimum atomic E-state index is -0.931. The molecular weight excluding hydrogens is 296 g/mol. The fourth-order valence-corrected chi connectivity index (χ4v) is 3.46. The van der Waals surface area contributed by atoms with E-state index < -0.39 is 23.2 Å². The Morgan fingerprint density at radius 3 is 2.65 bits per heavy atom. The molecule has 6 heteroatoms. The minimum absolute atomic E-state index is 0.00423. The number of aryl methyl sites for hydroxylation is 1. The van der Waals surface area contributed by atoms with E-state index in [1.54, 1.807) is 26.0 Å². The van der Waals surface area contributed by atoms with Gasteiger partial charge in [0.2, 0.25) is 11.8 Å². The molecule has 1 aromatic carbocycles. The molecule has 0 saturated heterocycles. The molecule has 2 atom stereocenters. The van der Waals surface area contributed by atoms with E-state index in [1.807, 2.05) is 6.07 Å². The lowest BCUT2D eigenvalue weighted by Gasteiger charge is -2.11. The van der Waals surface area contributed by atoms with Crippen LogP contribution in [0.2, 0.25) is 0 Å². The maximum Gasteiger partial charge on any atom is 0.307 e. The molecule has 3 rings (SSSR count). The van der Waals surface area contributed by atoms with Crippen molar-refractivity contribution < 1.29 is 19.5 Å². The summed E-state index contributed by atoms with van der Waals surface area (Å²) in [4.78, 5) is 35.1. The van der Waals surface area contributed by atoms with E-state index in [2.05, 4.69) is 10.6 Å². The normalized spacial score (nSPS) is 24.9. The summed E-state index contributed by atoms with van der Waals surface area (Å²) >= 11 is 0. The summed E-state index contributed by atoms with van der Waals surface area (Å²) in [6, 6.07) is 5.36. The van der Waals surface area contributed by atoms with E-state index in [-0.39, 0.29) is 11.8 Å². The number of amides is 2. The van der Waals surface area contributed by atoms with Crippen LogP contribution in [0.3, 0.4) is 0 Å². The van der Waals surface area contributed by atoms with Gasteiger partial charge in [0, 0.05) is 17.8 Å². The highest BCUT2D eigenvalue weighted by Gasteiger charge is 2.65. The van der Waals surface area contributed by atoms with Crippen LogP contribution < -0.4 is 10.6 Å². The molecule has 2 amide bonds. The van der Waals surface area contributed by atoms with Crippen molar-refractivity contribution in [1.82, 2.24) is 0 Å². The Kier molecular flexibility index (Phi) is 3.62. The summed E-state index contributed by atoms with van der Waals surface area (Å²) in [5.41, 5.74) is 1.88. The van der Waals surface area contributed by atoms with Gasteiger partial charge in [0.05, 0.1) is 11.8 Å². The van der Waals surface area contributed by atoms with Gasteiger partial charge >= 0.3 is 5.97 Å². The number of hydrogen-bond donors (Lipinski definition) is 3. The largest absolute Gasteiger partial charge is 0.481 e. The first-order chi connectivity index (χ1) is 10.8. The number of carbonyl (C=O) groups is 3. The van der Waals surface area contributed by atoms with Crippen molar-refractivity contribution in [3.63, 3.8) is 0 Å². The molecule has 23 heavy (non-hydrogen) atoms. The van der Waals surface area contributed by atoms with E-state index in [9.17, 15) is 14.4 Å². The van der Waals surface area contributed by atoms with E-state index in [0.717, 1.165) is 24.1 Å². The van der Waals surface area contributed by atoms with Crippen LogP contribution in [-0.2, 0) is 20.8 Å². The number of benzene rings is 1. The second-order valence-corrected chi connectivity index (χ2v) is 6.88. The van der Waals surface area contributed by atoms with Crippen molar-refractivity contribution in [3.8, 4) is 0 Å². The molecule has 0 bridgehead atoms. The molecule has 3 N–H and O–H groups in total. The van der Waals surface area contributed by atoms with Gasteiger partial charge in [-0.15, -0.1) is 0 Å². The molecule has 1 aliphatic heterocycles. The number of fused-ring (bicyclic) bond motifs is 1. The lowest BCUT2D eigenvalue weighted by Crippen LogP contribution is -2.18. The van der Waals surface area contributed by atoms with Gasteiger partial charge in [0.25, 0.3) is 0 Å². The second-order valence-electron chi connectivity index (χ2n) is 6.88. The summed E-state index contributed by atoms with van der Waals surface area (Å²) in [5.74, 6) is -2.34. The average Bonchev–Trinajstić information content (AvgIpc) is 3.09. The number of carboxylic acid groups (broad SMARTS) is 1. The summed E-state index contributed by atoms with van der Waals surface area (Å²) in [7, 11) is 0. The number of rotatable bonds is 3. The molecule has 1 aliphatic carbocycles. The van der Waals surface area contributed by atoms with Crippen LogP contribution in [0.25, 0.3) is 0 Å². The number of hydrogen-bond acceptors (Lipinski definition) is 3. The van der Waals surface area contributed by atoms with Gasteiger partial charge in [-0.25, -0.2) is 0 Å². The number of anilines is 2. The molecule has 1 aromatic rings. The first kappa shape index (κ1) is 15.5. The molecule has 2 aliphatic rings. The molecule has 0 radical (unpaired) electrons. The molecule has 122 valence electrons. The predicted octanol–water partition coefficient (Wildman–Crippen LogP) is 2.26. The van der Waals surface area contributed by atoms with E-state index in [0.29, 0.717) is 12.1 Å². The summed E-state index contributed by atoms with van der Waals surface area (Å²) in [6.45, 7) is 3.59. The fraction of sp³-hybridized carbons (Fsp3) is 0.471. The Morgan fingerprint density at radius 1 is 1.26 bits per heavy atom. The zero-order chi connectivity index (χ0) is 16.8. The van der Waals surface area contributed by atoms with Gasteiger partial charge in [0.15, 0.2) is 0 Å². The average molecular weight is 316 g/mol. The first-order valence-electron chi connectivity index (χ1n) is 7.77. The summed E-state index contributed by atoms with van der Waals surface area (Å²) < 4.78 is 0. The summed E-state index contributed by atoms with van der Waals surface area (Å²) in [6.07, 6.45) is 2.03. The Morgan fingerprint density at radius 2 is 2.00 bits per heavy atom. The second kappa shape index (κ2) is 5.37. The fourth-order valence-electron chi connectivity index (χ4n) is 3.46. The number of carbonyl (C=O) groups excluding carboxylic acids is 2. The molecule has 0 aromatic heterocycles. The van der Waals surface area contributed by atoms with Gasteiger partial charge in [-0.2, -0.15) is 0 Å². The highest BCUT2D eigenvalue weighted by atomic mass is 16.4. The molecule has 0 spiro atoms. The maximum atomic E-state index is 12.3. The quantitative estimate of drug-likeness (QED) is 0.797. The lowest BCUT2D eigenvalue weighted by molar-refractivity contribution is -0.140. The molecule has 1 fully saturated rings. The van der Waals surface area contributed by atoms with Crippen molar-refractivity contribution >= 4 is 29.2 Å². The van der Waals surface area contributed by atoms with Gasteiger partial charge in [-0.05, 0) is 42.0 Å². The van der Waals surface area contributed by atoms with Crippen LogP contribution in [-0.4, -0.2) is 22.9 Å². The summed E-state index contributed by atoms with van der Waals surface area (Å²) in [5, 5.41) is 14.8. The van der Waals surface area contributed by atoms with Crippen LogP contribution in [0.15, 0.2) is 18.2 Å². The smallest absolute Gasteiger partial charge is 0.307 e. The van der Waals surface area contributed by atoms with Gasteiger partial charge in [-0.1, -0.05) is 13.8 Å². The third-order valence-corrected chi connectivity index (χ3v) is 4.87. The van der Waals surface area contributed by atoms with Crippen LogP contribution >= 0.6 is 0 Å². The SMILES string of the molecule is CC1(C)[C@H](C(=O)O)[C@@H]1C(=O)Nc1ccc2c(c1)CCCC(=O)N2. The first-order valence-corrected chi connectivity index (χ1v) is 7.77. The monoisotopic (exact) mass is 316 g/mol. The van der Waals surface area contributed by atoms with Gasteiger partial charge < -0.3 is 15.7 Å².